The summed E-state index contributed by atoms with van der Waals surface area (Å²) in [5.41, 5.74) is 4.20. The van der Waals surface area contributed by atoms with Gasteiger partial charge in [-0.05, 0) is 62.6 Å². The Morgan fingerprint density at radius 2 is 1.90 bits per heavy atom. The first-order chi connectivity index (χ1) is 10.1. The predicted molar refractivity (Wildman–Crippen MR) is 89.9 cm³/mol. The minimum absolute atomic E-state index is 0.0887. The molecule has 21 heavy (non-hydrogen) atoms. The maximum absolute atomic E-state index is 12.9. The lowest BCUT2D eigenvalue weighted by Gasteiger charge is -2.35. The Hall–Kier alpha value is -1.61. The largest absolute Gasteiger partial charge is 0.305 e. The van der Waals surface area contributed by atoms with Crippen LogP contribution in [0.15, 0.2) is 46.9 Å². The first kappa shape index (κ1) is 14.3. The summed E-state index contributed by atoms with van der Waals surface area (Å²) in [5, 5.41) is 0. The lowest BCUT2D eigenvalue weighted by atomic mass is 9.95. The molecule has 0 aromatic heterocycles. The van der Waals surface area contributed by atoms with Gasteiger partial charge in [0.15, 0.2) is 0 Å². The van der Waals surface area contributed by atoms with Crippen molar-refractivity contribution >= 4 is 27.5 Å². The molecule has 0 spiro atoms. The number of benzene rings is 2. The van der Waals surface area contributed by atoms with Crippen LogP contribution in [0.4, 0.5) is 5.69 Å². The van der Waals surface area contributed by atoms with Gasteiger partial charge in [-0.15, -0.1) is 0 Å². The summed E-state index contributed by atoms with van der Waals surface area (Å²) in [6.07, 6.45) is 2.02. The van der Waals surface area contributed by atoms with Crippen LogP contribution in [-0.4, -0.2) is 11.9 Å². The van der Waals surface area contributed by atoms with Crippen LogP contribution in [0.1, 0.15) is 34.8 Å². The number of hydrogen-bond donors (Lipinski definition) is 0. The molecule has 0 unspecified atom stereocenters. The molecule has 0 saturated carbocycles. The van der Waals surface area contributed by atoms with E-state index in [1.165, 1.54) is 11.1 Å². The number of amides is 1. The van der Waals surface area contributed by atoms with E-state index >= 15 is 0 Å². The van der Waals surface area contributed by atoms with Gasteiger partial charge in [-0.2, -0.15) is 0 Å². The maximum atomic E-state index is 12.9. The SMILES string of the molecule is Cc1ccc(C(=O)N2c3ccc(Br)cc3CC[C@H]2C)cc1. The van der Waals surface area contributed by atoms with E-state index in [0.29, 0.717) is 0 Å². The second-order valence-corrected chi connectivity index (χ2v) is 6.62. The molecule has 0 aliphatic carbocycles. The van der Waals surface area contributed by atoms with Crippen molar-refractivity contribution in [3.8, 4) is 0 Å². The van der Waals surface area contributed by atoms with Crippen molar-refractivity contribution in [1.82, 2.24) is 0 Å². The second kappa shape index (κ2) is 5.64. The average molecular weight is 344 g/mol. The van der Waals surface area contributed by atoms with Crippen molar-refractivity contribution in [2.24, 2.45) is 0 Å². The molecule has 0 N–H and O–H groups in total. The zero-order valence-corrected chi connectivity index (χ0v) is 13.9. The van der Waals surface area contributed by atoms with E-state index in [1.807, 2.05) is 48.2 Å². The van der Waals surface area contributed by atoms with Gasteiger partial charge in [0.2, 0.25) is 0 Å². The molecule has 1 amide bonds. The molecule has 2 nitrogen and oxygen atoms in total. The summed E-state index contributed by atoms with van der Waals surface area (Å²) in [7, 11) is 0. The van der Waals surface area contributed by atoms with Crippen LogP contribution in [0, 0.1) is 6.92 Å². The second-order valence-electron chi connectivity index (χ2n) is 5.70. The van der Waals surface area contributed by atoms with E-state index in [2.05, 4.69) is 28.9 Å². The fraction of sp³-hybridized carbons (Fsp3) is 0.278. The van der Waals surface area contributed by atoms with Gasteiger partial charge in [0.05, 0.1) is 0 Å². The highest BCUT2D eigenvalue weighted by atomic mass is 79.9. The van der Waals surface area contributed by atoms with Gasteiger partial charge in [0.1, 0.15) is 0 Å². The first-order valence-electron chi connectivity index (χ1n) is 7.25. The lowest BCUT2D eigenvalue weighted by Crippen LogP contribution is -2.42. The molecular weight excluding hydrogens is 326 g/mol. The predicted octanol–water partition coefficient (Wildman–Crippen LogP) is 4.74. The van der Waals surface area contributed by atoms with E-state index in [0.717, 1.165) is 28.6 Å². The third-order valence-electron chi connectivity index (χ3n) is 4.09. The van der Waals surface area contributed by atoms with Crippen molar-refractivity contribution in [2.75, 3.05) is 4.90 Å². The topological polar surface area (TPSA) is 20.3 Å². The molecule has 3 heteroatoms. The molecule has 2 aromatic rings. The maximum Gasteiger partial charge on any atom is 0.258 e. The fourth-order valence-corrected chi connectivity index (χ4v) is 3.27. The number of halogens is 1. The van der Waals surface area contributed by atoms with E-state index in [4.69, 9.17) is 0 Å². The summed E-state index contributed by atoms with van der Waals surface area (Å²) < 4.78 is 1.07. The Bertz CT molecular complexity index is 678. The summed E-state index contributed by atoms with van der Waals surface area (Å²) in [4.78, 5) is 14.8. The van der Waals surface area contributed by atoms with Crippen molar-refractivity contribution in [3.05, 3.63) is 63.6 Å². The number of carbonyl (C=O) groups excluding carboxylic acids is 1. The Balaban J connectivity index is 2.01. The van der Waals surface area contributed by atoms with Crippen molar-refractivity contribution in [2.45, 2.75) is 32.7 Å². The van der Waals surface area contributed by atoms with E-state index < -0.39 is 0 Å². The monoisotopic (exact) mass is 343 g/mol. The minimum atomic E-state index is 0.0887. The van der Waals surface area contributed by atoms with Crippen molar-refractivity contribution in [1.29, 1.82) is 0 Å². The van der Waals surface area contributed by atoms with Crippen LogP contribution >= 0.6 is 15.9 Å². The minimum Gasteiger partial charge on any atom is -0.305 e. The number of carbonyl (C=O) groups is 1. The molecule has 0 fully saturated rings. The van der Waals surface area contributed by atoms with Gasteiger partial charge in [0.25, 0.3) is 5.91 Å². The zero-order chi connectivity index (χ0) is 15.0. The lowest BCUT2D eigenvalue weighted by molar-refractivity contribution is 0.0975. The molecule has 1 aliphatic heterocycles. The summed E-state index contributed by atoms with van der Waals surface area (Å²) in [5.74, 6) is 0.0887. The molecule has 0 radical (unpaired) electrons. The van der Waals surface area contributed by atoms with Crippen LogP contribution < -0.4 is 4.90 Å². The van der Waals surface area contributed by atoms with Crippen LogP contribution in [0.2, 0.25) is 0 Å². The molecule has 3 rings (SSSR count). The molecule has 2 aromatic carbocycles. The molecule has 0 bridgehead atoms. The van der Waals surface area contributed by atoms with Gasteiger partial charge >= 0.3 is 0 Å². The fourth-order valence-electron chi connectivity index (χ4n) is 2.87. The summed E-state index contributed by atoms with van der Waals surface area (Å²) >= 11 is 3.51. The van der Waals surface area contributed by atoms with E-state index in [1.54, 1.807) is 0 Å². The number of nitrogens with zero attached hydrogens (tertiary/aromatic N) is 1. The Morgan fingerprint density at radius 1 is 1.19 bits per heavy atom. The van der Waals surface area contributed by atoms with Crippen LogP contribution in [0.25, 0.3) is 0 Å². The van der Waals surface area contributed by atoms with Crippen LogP contribution in [0.5, 0.6) is 0 Å². The highest BCUT2D eigenvalue weighted by Crippen LogP contribution is 2.33. The Morgan fingerprint density at radius 3 is 2.62 bits per heavy atom. The first-order valence-corrected chi connectivity index (χ1v) is 8.04. The third-order valence-corrected chi connectivity index (χ3v) is 4.58. The quantitative estimate of drug-likeness (QED) is 0.732. The summed E-state index contributed by atoms with van der Waals surface area (Å²) in [6, 6.07) is 14.2. The molecule has 1 aliphatic rings. The van der Waals surface area contributed by atoms with Crippen molar-refractivity contribution < 1.29 is 4.79 Å². The molecule has 0 saturated heterocycles. The van der Waals surface area contributed by atoms with E-state index in [9.17, 15) is 4.79 Å². The molecule has 1 atom stereocenters. The average Bonchev–Trinajstić information content (AvgIpc) is 2.47. The molecule has 108 valence electrons. The highest BCUT2D eigenvalue weighted by molar-refractivity contribution is 9.10. The standard InChI is InChI=1S/C18H18BrNO/c1-12-3-6-14(7-4-12)18(21)20-13(2)5-8-15-11-16(19)9-10-17(15)20/h3-4,6-7,9-11,13H,5,8H2,1-2H3/t13-/m1/s1. The number of anilines is 1. The summed E-state index contributed by atoms with van der Waals surface area (Å²) in [6.45, 7) is 4.15. The van der Waals surface area contributed by atoms with Gasteiger partial charge in [0, 0.05) is 21.8 Å². The van der Waals surface area contributed by atoms with Gasteiger partial charge in [-0.1, -0.05) is 33.6 Å². The van der Waals surface area contributed by atoms with Gasteiger partial charge in [-0.25, -0.2) is 0 Å². The van der Waals surface area contributed by atoms with Crippen molar-refractivity contribution in [3.63, 3.8) is 0 Å². The van der Waals surface area contributed by atoms with Crippen LogP contribution in [0.3, 0.4) is 0 Å². The number of hydrogen-bond acceptors (Lipinski definition) is 1. The number of aryl methyl sites for hydroxylation is 2. The van der Waals surface area contributed by atoms with Gasteiger partial charge in [-0.3, -0.25) is 4.79 Å². The Labute approximate surface area is 133 Å². The normalized spacial score (nSPS) is 17.5. The molecule has 1 heterocycles. The third kappa shape index (κ3) is 2.75. The highest BCUT2D eigenvalue weighted by Gasteiger charge is 2.28. The van der Waals surface area contributed by atoms with E-state index in [-0.39, 0.29) is 11.9 Å². The van der Waals surface area contributed by atoms with Gasteiger partial charge < -0.3 is 4.90 Å². The zero-order valence-electron chi connectivity index (χ0n) is 12.3. The number of rotatable bonds is 1. The van der Waals surface area contributed by atoms with Crippen LogP contribution in [-0.2, 0) is 6.42 Å². The smallest absolute Gasteiger partial charge is 0.258 e. The molecular formula is C18H18BrNO. The Kier molecular flexibility index (Phi) is 3.85. The number of fused-ring (bicyclic) bond motifs is 1.